The van der Waals surface area contributed by atoms with Crippen LogP contribution in [0.2, 0.25) is 0 Å². The minimum absolute atomic E-state index is 0.438. The van der Waals surface area contributed by atoms with Crippen LogP contribution in [0.5, 0.6) is 0 Å². The standard InChI is InChI=1S/C9H16N2O/c1-2-5-8(4-1)12-11-9-6-3-7-10-9/h8H,1-7H2,(H,10,11). The molecule has 0 aromatic carbocycles. The van der Waals surface area contributed by atoms with E-state index in [1.54, 1.807) is 0 Å². The van der Waals surface area contributed by atoms with Crippen LogP contribution in [-0.4, -0.2) is 18.5 Å². The number of amidine groups is 1. The SMILES string of the molecule is C1CN=C(NOC2CCCC2)C1. The Morgan fingerprint density at radius 3 is 2.75 bits per heavy atom. The van der Waals surface area contributed by atoms with Crippen LogP contribution in [0, 0.1) is 0 Å². The molecule has 0 aromatic rings. The average Bonchev–Trinajstić information content (AvgIpc) is 2.74. The van der Waals surface area contributed by atoms with Crippen molar-refractivity contribution in [2.75, 3.05) is 6.54 Å². The van der Waals surface area contributed by atoms with E-state index in [-0.39, 0.29) is 0 Å². The number of nitrogens with zero attached hydrogens (tertiary/aromatic N) is 1. The van der Waals surface area contributed by atoms with Crippen molar-refractivity contribution < 1.29 is 4.84 Å². The first-order chi connectivity index (χ1) is 5.95. The summed E-state index contributed by atoms with van der Waals surface area (Å²) < 4.78 is 0. The Hall–Kier alpha value is -0.570. The molecule has 0 radical (unpaired) electrons. The normalized spacial score (nSPS) is 24.5. The fourth-order valence-corrected chi connectivity index (χ4v) is 1.78. The third-order valence-corrected chi connectivity index (χ3v) is 2.52. The van der Waals surface area contributed by atoms with Crippen molar-refractivity contribution in [2.45, 2.75) is 44.6 Å². The Bertz CT molecular complexity index is 173. The van der Waals surface area contributed by atoms with Crippen molar-refractivity contribution in [3.8, 4) is 0 Å². The van der Waals surface area contributed by atoms with Crippen molar-refractivity contribution in [3.63, 3.8) is 0 Å². The lowest BCUT2D eigenvalue weighted by Crippen LogP contribution is -2.26. The zero-order chi connectivity index (χ0) is 8.23. The summed E-state index contributed by atoms with van der Waals surface area (Å²) in [5.41, 5.74) is 2.97. The zero-order valence-corrected chi connectivity index (χ0v) is 7.38. The summed E-state index contributed by atoms with van der Waals surface area (Å²) in [7, 11) is 0. The molecule has 0 bridgehead atoms. The van der Waals surface area contributed by atoms with E-state index in [1.807, 2.05) is 0 Å². The molecule has 12 heavy (non-hydrogen) atoms. The van der Waals surface area contributed by atoms with Crippen LogP contribution < -0.4 is 5.48 Å². The van der Waals surface area contributed by atoms with Gasteiger partial charge in [0, 0.05) is 13.0 Å². The molecule has 1 aliphatic heterocycles. The Kier molecular flexibility index (Phi) is 2.61. The predicted octanol–water partition coefficient (Wildman–Crippen LogP) is 1.64. The highest BCUT2D eigenvalue weighted by molar-refractivity contribution is 5.82. The van der Waals surface area contributed by atoms with E-state index in [1.165, 1.54) is 32.1 Å². The third-order valence-electron chi connectivity index (χ3n) is 2.52. The van der Waals surface area contributed by atoms with Gasteiger partial charge in [0.25, 0.3) is 0 Å². The molecule has 1 saturated carbocycles. The highest BCUT2D eigenvalue weighted by Gasteiger charge is 2.16. The summed E-state index contributed by atoms with van der Waals surface area (Å²) in [5.74, 6) is 1.04. The molecule has 68 valence electrons. The second-order valence-corrected chi connectivity index (χ2v) is 3.56. The lowest BCUT2D eigenvalue weighted by molar-refractivity contribution is 0.0142. The summed E-state index contributed by atoms with van der Waals surface area (Å²) in [6.07, 6.45) is 7.73. The van der Waals surface area contributed by atoms with E-state index in [0.717, 1.165) is 18.8 Å². The first-order valence-electron chi connectivity index (χ1n) is 4.90. The van der Waals surface area contributed by atoms with Gasteiger partial charge in [-0.05, 0) is 19.3 Å². The Balaban J connectivity index is 1.67. The lowest BCUT2D eigenvalue weighted by Gasteiger charge is -2.11. The summed E-state index contributed by atoms with van der Waals surface area (Å²) in [5, 5.41) is 0. The zero-order valence-electron chi connectivity index (χ0n) is 7.38. The summed E-state index contributed by atoms with van der Waals surface area (Å²) in [4.78, 5) is 9.78. The van der Waals surface area contributed by atoms with Crippen molar-refractivity contribution in [1.82, 2.24) is 5.48 Å². The molecule has 2 rings (SSSR count). The van der Waals surface area contributed by atoms with E-state index in [9.17, 15) is 0 Å². The van der Waals surface area contributed by atoms with Crippen LogP contribution >= 0.6 is 0 Å². The van der Waals surface area contributed by atoms with Gasteiger partial charge in [0.05, 0.1) is 6.10 Å². The number of rotatable bonds is 2. The van der Waals surface area contributed by atoms with Gasteiger partial charge in [0.2, 0.25) is 0 Å². The van der Waals surface area contributed by atoms with Crippen LogP contribution in [0.25, 0.3) is 0 Å². The van der Waals surface area contributed by atoms with Crippen molar-refractivity contribution >= 4 is 5.84 Å². The van der Waals surface area contributed by atoms with E-state index >= 15 is 0 Å². The molecule has 1 aliphatic carbocycles. The highest BCUT2D eigenvalue weighted by Crippen LogP contribution is 2.20. The predicted molar refractivity (Wildman–Crippen MR) is 48.0 cm³/mol. The Morgan fingerprint density at radius 1 is 1.25 bits per heavy atom. The van der Waals surface area contributed by atoms with Gasteiger partial charge in [-0.2, -0.15) is 0 Å². The van der Waals surface area contributed by atoms with Gasteiger partial charge in [-0.3, -0.25) is 15.3 Å². The van der Waals surface area contributed by atoms with Gasteiger partial charge in [-0.25, -0.2) is 0 Å². The fraction of sp³-hybridized carbons (Fsp3) is 0.889. The molecule has 1 fully saturated rings. The molecule has 0 amide bonds. The fourth-order valence-electron chi connectivity index (χ4n) is 1.78. The third kappa shape index (κ3) is 1.97. The molecule has 3 nitrogen and oxygen atoms in total. The van der Waals surface area contributed by atoms with E-state index in [0.29, 0.717) is 6.10 Å². The van der Waals surface area contributed by atoms with Gasteiger partial charge in [-0.1, -0.05) is 12.8 Å². The molecule has 0 aromatic heterocycles. The molecule has 0 atom stereocenters. The van der Waals surface area contributed by atoms with Gasteiger partial charge in [-0.15, -0.1) is 0 Å². The molecule has 2 aliphatic rings. The van der Waals surface area contributed by atoms with Crippen LogP contribution in [0.1, 0.15) is 38.5 Å². The number of nitrogens with one attached hydrogen (secondary N) is 1. The first kappa shape index (κ1) is 8.05. The quantitative estimate of drug-likeness (QED) is 0.636. The summed E-state index contributed by atoms with van der Waals surface area (Å²) >= 11 is 0. The Morgan fingerprint density at radius 2 is 2.08 bits per heavy atom. The van der Waals surface area contributed by atoms with Gasteiger partial charge >= 0.3 is 0 Å². The monoisotopic (exact) mass is 168 g/mol. The number of aliphatic imine (C=N–C) groups is 1. The minimum Gasteiger partial charge on any atom is -0.272 e. The number of hydrogen-bond donors (Lipinski definition) is 1. The second-order valence-electron chi connectivity index (χ2n) is 3.56. The van der Waals surface area contributed by atoms with Crippen LogP contribution in [0.4, 0.5) is 0 Å². The van der Waals surface area contributed by atoms with Crippen molar-refractivity contribution in [1.29, 1.82) is 0 Å². The first-order valence-corrected chi connectivity index (χ1v) is 4.90. The molecular weight excluding hydrogens is 152 g/mol. The molecule has 0 spiro atoms. The van der Waals surface area contributed by atoms with E-state index < -0.39 is 0 Å². The van der Waals surface area contributed by atoms with Crippen molar-refractivity contribution in [2.24, 2.45) is 4.99 Å². The molecule has 3 heteroatoms. The largest absolute Gasteiger partial charge is 0.272 e. The van der Waals surface area contributed by atoms with E-state index in [2.05, 4.69) is 10.5 Å². The van der Waals surface area contributed by atoms with Crippen LogP contribution in [0.15, 0.2) is 4.99 Å². The molecule has 1 heterocycles. The summed E-state index contributed by atoms with van der Waals surface area (Å²) in [6.45, 7) is 0.969. The molecular formula is C9H16N2O. The number of hydroxylamine groups is 1. The average molecular weight is 168 g/mol. The maximum atomic E-state index is 5.51. The smallest absolute Gasteiger partial charge is 0.120 e. The number of hydrogen-bond acceptors (Lipinski definition) is 3. The minimum atomic E-state index is 0.438. The second kappa shape index (κ2) is 3.90. The summed E-state index contributed by atoms with van der Waals surface area (Å²) in [6, 6.07) is 0. The highest BCUT2D eigenvalue weighted by atomic mass is 16.7. The van der Waals surface area contributed by atoms with Gasteiger partial charge in [0.15, 0.2) is 0 Å². The lowest BCUT2D eigenvalue weighted by atomic mass is 10.3. The van der Waals surface area contributed by atoms with Crippen LogP contribution in [-0.2, 0) is 4.84 Å². The van der Waals surface area contributed by atoms with E-state index in [4.69, 9.17) is 4.84 Å². The van der Waals surface area contributed by atoms with Crippen LogP contribution in [0.3, 0.4) is 0 Å². The maximum Gasteiger partial charge on any atom is 0.120 e. The molecule has 0 saturated heterocycles. The van der Waals surface area contributed by atoms with Gasteiger partial charge in [0.1, 0.15) is 5.84 Å². The maximum absolute atomic E-state index is 5.51. The molecule has 1 N–H and O–H groups in total. The van der Waals surface area contributed by atoms with Crippen molar-refractivity contribution in [3.05, 3.63) is 0 Å². The topological polar surface area (TPSA) is 33.6 Å². The Labute approximate surface area is 73.2 Å². The molecule has 0 unspecified atom stereocenters. The van der Waals surface area contributed by atoms with Gasteiger partial charge < -0.3 is 0 Å².